The largest absolute Gasteiger partial charge is 0.338 e. The maximum atomic E-state index is 13.2. The third kappa shape index (κ3) is 3.03. The van der Waals surface area contributed by atoms with E-state index in [1.54, 1.807) is 6.92 Å². The molecule has 4 heteroatoms. The van der Waals surface area contributed by atoms with E-state index in [1.807, 2.05) is 12.1 Å². The first-order valence-electron chi connectivity index (χ1n) is 9.38. The molecule has 0 aromatic heterocycles. The summed E-state index contributed by atoms with van der Waals surface area (Å²) in [4.78, 5) is 16.7. The van der Waals surface area contributed by atoms with Gasteiger partial charge in [0, 0.05) is 32.0 Å². The van der Waals surface area contributed by atoms with Crippen LogP contribution in [0.25, 0.3) is 0 Å². The van der Waals surface area contributed by atoms with Crippen molar-refractivity contribution in [2.45, 2.75) is 37.8 Å². The molecule has 2 saturated heterocycles. The molecule has 0 aliphatic carbocycles. The van der Waals surface area contributed by atoms with Gasteiger partial charge in [-0.3, -0.25) is 9.69 Å². The van der Waals surface area contributed by atoms with Crippen LogP contribution >= 0.6 is 0 Å². The van der Waals surface area contributed by atoms with Crippen LogP contribution in [0.2, 0.25) is 0 Å². The number of fused-ring (bicyclic) bond motifs is 1. The lowest BCUT2D eigenvalue weighted by atomic mass is 9.69. The van der Waals surface area contributed by atoms with E-state index in [2.05, 4.69) is 40.1 Å². The predicted molar refractivity (Wildman–Crippen MR) is 100 cm³/mol. The number of carbonyl (C=O) groups excluding carboxylic acids is 1. The minimum absolute atomic E-state index is 0.0617. The summed E-state index contributed by atoms with van der Waals surface area (Å²) >= 11 is 0. The van der Waals surface area contributed by atoms with E-state index in [1.165, 1.54) is 17.7 Å². The zero-order valence-electron chi connectivity index (χ0n) is 15.2. The average molecular weight is 352 g/mol. The van der Waals surface area contributed by atoms with Gasteiger partial charge in [0.1, 0.15) is 5.82 Å². The van der Waals surface area contributed by atoms with Crippen LogP contribution in [0.15, 0.2) is 54.6 Å². The van der Waals surface area contributed by atoms with Gasteiger partial charge in [-0.25, -0.2) is 4.39 Å². The van der Waals surface area contributed by atoms with Gasteiger partial charge in [-0.15, -0.1) is 0 Å². The number of amides is 1. The molecule has 0 spiro atoms. The second-order valence-corrected chi connectivity index (χ2v) is 7.61. The third-order valence-corrected chi connectivity index (χ3v) is 6.19. The van der Waals surface area contributed by atoms with Crippen LogP contribution < -0.4 is 0 Å². The highest BCUT2D eigenvalue weighted by Crippen LogP contribution is 2.46. The molecule has 2 aromatic carbocycles. The molecular formula is C22H25FN2O. The van der Waals surface area contributed by atoms with Crippen LogP contribution in [0.1, 0.15) is 30.9 Å². The molecule has 3 nitrogen and oxygen atoms in total. The van der Waals surface area contributed by atoms with Gasteiger partial charge in [-0.2, -0.15) is 0 Å². The fourth-order valence-electron chi connectivity index (χ4n) is 4.82. The zero-order chi connectivity index (χ0) is 18.1. The quantitative estimate of drug-likeness (QED) is 0.843. The molecule has 136 valence electrons. The fraction of sp³-hybridized carbons (Fsp3) is 0.409. The van der Waals surface area contributed by atoms with E-state index in [-0.39, 0.29) is 23.2 Å². The van der Waals surface area contributed by atoms with Gasteiger partial charge in [0.05, 0.1) is 6.04 Å². The lowest BCUT2D eigenvalue weighted by molar-refractivity contribution is -0.131. The molecule has 2 fully saturated rings. The fourth-order valence-corrected chi connectivity index (χ4v) is 4.82. The van der Waals surface area contributed by atoms with Crippen LogP contribution in [0.5, 0.6) is 0 Å². The molecule has 0 bridgehead atoms. The number of carbonyl (C=O) groups is 1. The van der Waals surface area contributed by atoms with Crippen molar-refractivity contribution in [1.29, 1.82) is 0 Å². The Hall–Kier alpha value is -2.20. The van der Waals surface area contributed by atoms with Gasteiger partial charge in [-0.05, 0) is 42.6 Å². The van der Waals surface area contributed by atoms with E-state index in [4.69, 9.17) is 0 Å². The summed E-state index contributed by atoms with van der Waals surface area (Å²) in [5.41, 5.74) is 2.54. The number of likely N-dealkylation sites (tertiary alicyclic amines) is 2. The van der Waals surface area contributed by atoms with Crippen LogP contribution in [-0.2, 0) is 16.8 Å². The van der Waals surface area contributed by atoms with Crippen molar-refractivity contribution in [3.05, 3.63) is 71.5 Å². The van der Waals surface area contributed by atoms with E-state index in [9.17, 15) is 9.18 Å². The highest BCUT2D eigenvalue weighted by molar-refractivity contribution is 5.74. The third-order valence-electron chi connectivity index (χ3n) is 6.19. The smallest absolute Gasteiger partial charge is 0.219 e. The molecule has 2 heterocycles. The number of piperidine rings is 1. The zero-order valence-corrected chi connectivity index (χ0v) is 15.2. The summed E-state index contributed by atoms with van der Waals surface area (Å²) < 4.78 is 13.2. The number of halogens is 1. The maximum Gasteiger partial charge on any atom is 0.219 e. The first kappa shape index (κ1) is 17.2. The van der Waals surface area contributed by atoms with Crippen molar-refractivity contribution in [2.75, 3.05) is 19.6 Å². The van der Waals surface area contributed by atoms with Crippen molar-refractivity contribution < 1.29 is 9.18 Å². The van der Waals surface area contributed by atoms with Crippen molar-refractivity contribution in [3.63, 3.8) is 0 Å². The van der Waals surface area contributed by atoms with Crippen LogP contribution in [-0.4, -0.2) is 41.4 Å². The van der Waals surface area contributed by atoms with Gasteiger partial charge in [0.25, 0.3) is 0 Å². The minimum Gasteiger partial charge on any atom is -0.338 e. The molecule has 4 rings (SSSR count). The maximum absolute atomic E-state index is 13.2. The number of hydrogen-bond acceptors (Lipinski definition) is 2. The Labute approximate surface area is 154 Å². The van der Waals surface area contributed by atoms with Crippen molar-refractivity contribution >= 4 is 5.91 Å². The van der Waals surface area contributed by atoms with Crippen LogP contribution in [0.3, 0.4) is 0 Å². The van der Waals surface area contributed by atoms with Gasteiger partial charge in [0.2, 0.25) is 5.91 Å². The predicted octanol–water partition coefficient (Wildman–Crippen LogP) is 3.59. The molecule has 1 amide bonds. The Morgan fingerprint density at radius 1 is 1.08 bits per heavy atom. The van der Waals surface area contributed by atoms with E-state index < -0.39 is 0 Å². The topological polar surface area (TPSA) is 23.6 Å². The Bertz CT molecular complexity index is 776. The van der Waals surface area contributed by atoms with Crippen LogP contribution in [0.4, 0.5) is 4.39 Å². The van der Waals surface area contributed by atoms with E-state index >= 15 is 0 Å². The minimum atomic E-state index is -0.200. The van der Waals surface area contributed by atoms with Gasteiger partial charge in [0.15, 0.2) is 0 Å². The molecule has 2 aliphatic rings. The summed E-state index contributed by atoms with van der Waals surface area (Å²) in [5.74, 6) is -0.0366. The lowest BCUT2D eigenvalue weighted by Gasteiger charge is -2.46. The molecule has 0 radical (unpaired) electrons. The first-order valence-corrected chi connectivity index (χ1v) is 9.38. The summed E-state index contributed by atoms with van der Waals surface area (Å²) in [6.07, 6.45) is 2.08. The molecule has 2 atom stereocenters. The molecular weight excluding hydrogens is 327 g/mol. The molecule has 2 aliphatic heterocycles. The SMILES string of the molecule is CC(=O)N1CC[C@]2(c3ccccc3)CCN(Cc3ccc(F)cc3)C[C@@H]12. The molecule has 0 saturated carbocycles. The van der Waals surface area contributed by atoms with Crippen molar-refractivity contribution in [1.82, 2.24) is 9.80 Å². The Kier molecular flexibility index (Phi) is 4.53. The summed E-state index contributed by atoms with van der Waals surface area (Å²) in [7, 11) is 0. The van der Waals surface area contributed by atoms with E-state index in [0.717, 1.165) is 44.6 Å². The molecule has 0 unspecified atom stereocenters. The lowest BCUT2D eigenvalue weighted by Crippen LogP contribution is -2.56. The Morgan fingerprint density at radius 3 is 2.46 bits per heavy atom. The van der Waals surface area contributed by atoms with Gasteiger partial charge >= 0.3 is 0 Å². The van der Waals surface area contributed by atoms with E-state index in [0.29, 0.717) is 0 Å². The molecule has 2 aromatic rings. The highest BCUT2D eigenvalue weighted by Gasteiger charge is 2.51. The second kappa shape index (κ2) is 6.84. The number of nitrogens with zero attached hydrogens (tertiary/aromatic N) is 2. The molecule has 26 heavy (non-hydrogen) atoms. The van der Waals surface area contributed by atoms with Gasteiger partial charge < -0.3 is 4.90 Å². The van der Waals surface area contributed by atoms with Gasteiger partial charge in [-0.1, -0.05) is 42.5 Å². The Morgan fingerprint density at radius 2 is 1.77 bits per heavy atom. The Balaban J connectivity index is 1.59. The number of benzene rings is 2. The standard InChI is InChI=1S/C22H25FN2O/c1-17(26)25-14-12-22(19-5-3-2-4-6-19)11-13-24(16-21(22)25)15-18-7-9-20(23)10-8-18/h2-10,21H,11-16H2,1H3/t21-,22+/m1/s1. The highest BCUT2D eigenvalue weighted by atomic mass is 19.1. The van der Waals surface area contributed by atoms with Crippen LogP contribution in [0, 0.1) is 5.82 Å². The average Bonchev–Trinajstić information content (AvgIpc) is 3.05. The summed E-state index contributed by atoms with van der Waals surface area (Å²) in [6.45, 7) is 5.17. The molecule has 0 N–H and O–H groups in total. The first-order chi connectivity index (χ1) is 12.6. The monoisotopic (exact) mass is 352 g/mol. The number of rotatable bonds is 3. The van der Waals surface area contributed by atoms with Crippen molar-refractivity contribution in [3.8, 4) is 0 Å². The normalized spacial score (nSPS) is 25.9. The van der Waals surface area contributed by atoms with Crippen molar-refractivity contribution in [2.24, 2.45) is 0 Å². The number of hydrogen-bond donors (Lipinski definition) is 0. The summed E-state index contributed by atoms with van der Waals surface area (Å²) in [6, 6.07) is 17.6. The summed E-state index contributed by atoms with van der Waals surface area (Å²) in [5, 5.41) is 0. The second-order valence-electron chi connectivity index (χ2n) is 7.61.